The number of non-ortho nitro benzene ring substituents is 1. The van der Waals surface area contributed by atoms with Gasteiger partial charge in [-0.25, -0.2) is 0 Å². The van der Waals surface area contributed by atoms with Crippen molar-refractivity contribution in [1.29, 1.82) is 5.26 Å². The molecule has 3 aromatic rings. The van der Waals surface area contributed by atoms with Crippen molar-refractivity contribution in [2.75, 3.05) is 7.11 Å². The minimum Gasteiger partial charge on any atom is -0.493 e. The molecule has 11 heteroatoms. The topological polar surface area (TPSA) is 123 Å². The number of nitrogens with zero attached hydrogens (tertiary/aromatic N) is 3. The Hall–Kier alpha value is -4.33. The van der Waals surface area contributed by atoms with E-state index in [1.165, 1.54) is 25.3 Å². The highest BCUT2D eigenvalue weighted by Gasteiger charge is 2.35. The number of benzene rings is 3. The maximum absolute atomic E-state index is 13.0. The lowest BCUT2D eigenvalue weighted by molar-refractivity contribution is -0.384. The number of nitro groups is 1. The largest absolute Gasteiger partial charge is 0.493 e. The third-order valence-corrected chi connectivity index (χ3v) is 6.58. The molecule has 1 heterocycles. The maximum atomic E-state index is 13.0. The van der Waals surface area contributed by atoms with Crippen molar-refractivity contribution >= 4 is 46.3 Å². The fraction of sp³-hybridized carbons (Fsp3) is 0.115. The minimum atomic E-state index is -0.490. The summed E-state index contributed by atoms with van der Waals surface area (Å²) in [5.74, 6) is 0.0317. The first-order chi connectivity index (χ1) is 17.8. The van der Waals surface area contributed by atoms with Crippen LogP contribution < -0.4 is 9.47 Å². The van der Waals surface area contributed by atoms with Gasteiger partial charge in [0.2, 0.25) is 0 Å². The standard InChI is InChI=1S/C26H18ClN3O6S/c1-35-22-11-17(10-21(27)24(22)36-15-16-5-4-8-20(9-16)30(33)34)12-23-25(31)29(26(32)37-23)14-19-7-3-2-6-18(19)13-28/h2-12H,14-15H2,1H3/b23-12+. The Labute approximate surface area is 221 Å². The Bertz CT molecular complexity index is 1480. The van der Waals surface area contributed by atoms with Crippen LogP contribution in [0, 0.1) is 21.4 Å². The van der Waals surface area contributed by atoms with E-state index in [2.05, 4.69) is 6.07 Å². The fourth-order valence-electron chi connectivity index (χ4n) is 3.60. The van der Waals surface area contributed by atoms with E-state index in [1.807, 2.05) is 0 Å². The van der Waals surface area contributed by atoms with Gasteiger partial charge >= 0.3 is 0 Å². The number of amides is 2. The monoisotopic (exact) mass is 535 g/mol. The van der Waals surface area contributed by atoms with Crippen LogP contribution in [-0.4, -0.2) is 28.1 Å². The van der Waals surface area contributed by atoms with E-state index >= 15 is 0 Å². The molecular formula is C26H18ClN3O6S. The molecule has 1 fully saturated rings. The molecule has 186 valence electrons. The van der Waals surface area contributed by atoms with Crippen LogP contribution in [-0.2, 0) is 17.9 Å². The van der Waals surface area contributed by atoms with E-state index in [1.54, 1.807) is 48.5 Å². The van der Waals surface area contributed by atoms with Crippen LogP contribution in [0.3, 0.4) is 0 Å². The number of imide groups is 1. The highest BCUT2D eigenvalue weighted by Crippen LogP contribution is 2.39. The number of carbonyl (C=O) groups excluding carboxylic acids is 2. The number of hydrogen-bond donors (Lipinski definition) is 0. The number of nitriles is 1. The molecule has 0 atom stereocenters. The number of ether oxygens (including phenoxy) is 2. The van der Waals surface area contributed by atoms with Crippen molar-refractivity contribution in [3.8, 4) is 17.6 Å². The molecule has 1 saturated heterocycles. The van der Waals surface area contributed by atoms with Crippen molar-refractivity contribution < 1.29 is 24.0 Å². The Balaban J connectivity index is 1.54. The summed E-state index contributed by atoms with van der Waals surface area (Å²) in [5.41, 5.74) is 1.99. The molecule has 4 rings (SSSR count). The molecule has 0 spiro atoms. The highest BCUT2D eigenvalue weighted by molar-refractivity contribution is 8.18. The number of nitro benzene ring substituents is 1. The van der Waals surface area contributed by atoms with E-state index in [9.17, 15) is 25.0 Å². The first-order valence-corrected chi connectivity index (χ1v) is 12.0. The van der Waals surface area contributed by atoms with Gasteiger partial charge in [-0.2, -0.15) is 5.26 Å². The van der Waals surface area contributed by atoms with Gasteiger partial charge in [-0.1, -0.05) is 41.9 Å². The van der Waals surface area contributed by atoms with E-state index in [-0.39, 0.29) is 40.3 Å². The van der Waals surface area contributed by atoms with Gasteiger partial charge in [-0.3, -0.25) is 24.6 Å². The number of thioether (sulfide) groups is 1. The molecule has 0 saturated carbocycles. The number of hydrogen-bond acceptors (Lipinski definition) is 8. The normalized spacial score (nSPS) is 14.1. The number of methoxy groups -OCH3 is 1. The van der Waals surface area contributed by atoms with Crippen molar-refractivity contribution in [3.63, 3.8) is 0 Å². The molecule has 0 aromatic heterocycles. The summed E-state index contributed by atoms with van der Waals surface area (Å²) in [6.45, 7) is 0.000406. The smallest absolute Gasteiger partial charge is 0.293 e. The zero-order chi connectivity index (χ0) is 26.5. The Morgan fingerprint density at radius 2 is 1.95 bits per heavy atom. The molecule has 0 bridgehead atoms. The summed E-state index contributed by atoms with van der Waals surface area (Å²) in [4.78, 5) is 37.3. The van der Waals surface area contributed by atoms with Gasteiger partial charge < -0.3 is 9.47 Å². The third kappa shape index (κ3) is 5.74. The number of halogens is 1. The third-order valence-electron chi connectivity index (χ3n) is 5.39. The highest BCUT2D eigenvalue weighted by atomic mass is 35.5. The number of rotatable bonds is 8. The van der Waals surface area contributed by atoms with Crippen LogP contribution in [0.4, 0.5) is 10.5 Å². The summed E-state index contributed by atoms with van der Waals surface area (Å²) in [5, 5.41) is 20.0. The van der Waals surface area contributed by atoms with Crippen LogP contribution in [0.2, 0.25) is 5.02 Å². The van der Waals surface area contributed by atoms with Crippen molar-refractivity contribution in [1.82, 2.24) is 4.90 Å². The zero-order valence-electron chi connectivity index (χ0n) is 19.3. The van der Waals surface area contributed by atoms with E-state index in [0.29, 0.717) is 22.3 Å². The summed E-state index contributed by atoms with van der Waals surface area (Å²) in [7, 11) is 1.43. The Kier molecular flexibility index (Phi) is 7.77. The summed E-state index contributed by atoms with van der Waals surface area (Å²) in [6, 6.07) is 18.0. The summed E-state index contributed by atoms with van der Waals surface area (Å²) < 4.78 is 11.2. The Morgan fingerprint density at radius 3 is 2.68 bits per heavy atom. The quantitative estimate of drug-likeness (QED) is 0.197. The van der Waals surface area contributed by atoms with Crippen molar-refractivity contribution in [2.24, 2.45) is 0 Å². The number of carbonyl (C=O) groups is 2. The average molecular weight is 536 g/mol. The predicted molar refractivity (Wildman–Crippen MR) is 138 cm³/mol. The molecule has 37 heavy (non-hydrogen) atoms. The zero-order valence-corrected chi connectivity index (χ0v) is 20.9. The lowest BCUT2D eigenvalue weighted by atomic mass is 10.1. The van der Waals surface area contributed by atoms with Gasteiger partial charge in [0.15, 0.2) is 11.5 Å². The first-order valence-electron chi connectivity index (χ1n) is 10.8. The SMILES string of the molecule is COc1cc(/C=C2/SC(=O)N(Cc3ccccc3C#N)C2=O)cc(Cl)c1OCc1cccc([N+](=O)[O-])c1. The molecule has 1 aliphatic heterocycles. The van der Waals surface area contributed by atoms with Gasteiger partial charge in [-0.15, -0.1) is 0 Å². The molecule has 2 amide bonds. The molecule has 0 radical (unpaired) electrons. The van der Waals surface area contributed by atoms with E-state index in [0.717, 1.165) is 16.7 Å². The van der Waals surface area contributed by atoms with Crippen molar-refractivity contribution in [2.45, 2.75) is 13.2 Å². The van der Waals surface area contributed by atoms with Gasteiger partial charge in [0, 0.05) is 12.1 Å². The molecule has 0 aliphatic carbocycles. The van der Waals surface area contributed by atoms with Crippen LogP contribution in [0.5, 0.6) is 11.5 Å². The van der Waals surface area contributed by atoms with Crippen LogP contribution >= 0.6 is 23.4 Å². The lowest BCUT2D eigenvalue weighted by Gasteiger charge is -2.14. The van der Waals surface area contributed by atoms with E-state index < -0.39 is 16.1 Å². The molecule has 1 aliphatic rings. The predicted octanol–water partition coefficient (Wildman–Crippen LogP) is 5.94. The second-order valence-electron chi connectivity index (χ2n) is 7.79. The minimum absolute atomic E-state index is 0.0136. The molecule has 9 nitrogen and oxygen atoms in total. The van der Waals surface area contributed by atoms with Crippen LogP contribution in [0.15, 0.2) is 65.6 Å². The second kappa shape index (κ2) is 11.2. The molecule has 0 N–H and O–H groups in total. The second-order valence-corrected chi connectivity index (χ2v) is 9.19. The van der Waals surface area contributed by atoms with Gasteiger partial charge in [0.25, 0.3) is 16.8 Å². The van der Waals surface area contributed by atoms with Crippen molar-refractivity contribution in [3.05, 3.63) is 103 Å². The van der Waals surface area contributed by atoms with Gasteiger partial charge in [-0.05, 0) is 52.7 Å². The average Bonchev–Trinajstić information content (AvgIpc) is 3.15. The van der Waals surface area contributed by atoms with Crippen LogP contribution in [0.1, 0.15) is 22.3 Å². The van der Waals surface area contributed by atoms with Gasteiger partial charge in [0.1, 0.15) is 6.61 Å². The summed E-state index contributed by atoms with van der Waals surface area (Å²) in [6.07, 6.45) is 1.53. The maximum Gasteiger partial charge on any atom is 0.293 e. The van der Waals surface area contributed by atoms with E-state index in [4.69, 9.17) is 21.1 Å². The molecular weight excluding hydrogens is 518 g/mol. The molecule has 3 aromatic carbocycles. The lowest BCUT2D eigenvalue weighted by Crippen LogP contribution is -2.27. The Morgan fingerprint density at radius 1 is 1.16 bits per heavy atom. The van der Waals surface area contributed by atoms with Gasteiger partial charge in [0.05, 0.1) is 40.1 Å². The summed E-state index contributed by atoms with van der Waals surface area (Å²) >= 11 is 7.23. The first kappa shape index (κ1) is 25.8. The van der Waals surface area contributed by atoms with Crippen LogP contribution in [0.25, 0.3) is 6.08 Å². The molecule has 0 unspecified atom stereocenters. The fourth-order valence-corrected chi connectivity index (χ4v) is 4.72.